The third-order valence-electron chi connectivity index (χ3n) is 12.7. The number of cyclic esters (lactones) is 2. The van der Waals surface area contributed by atoms with Crippen LogP contribution in [0, 0.1) is 0 Å². The molecule has 0 aromatic carbocycles. The van der Waals surface area contributed by atoms with Crippen molar-refractivity contribution in [1.82, 2.24) is 29.4 Å². The summed E-state index contributed by atoms with van der Waals surface area (Å²) in [4.78, 5) is 121. The highest BCUT2D eigenvalue weighted by Crippen LogP contribution is 2.22. The quantitative estimate of drug-likeness (QED) is 0.148. The van der Waals surface area contributed by atoms with Crippen molar-refractivity contribution >= 4 is 47.4 Å². The Morgan fingerprint density at radius 3 is 0.903 bits per heavy atom. The van der Waals surface area contributed by atoms with Gasteiger partial charge in [0.05, 0.1) is 0 Å². The summed E-state index contributed by atoms with van der Waals surface area (Å²) >= 11 is 0. The first-order valence-electron chi connectivity index (χ1n) is 23.2. The molecule has 1 saturated heterocycles. The van der Waals surface area contributed by atoms with E-state index in [1.165, 1.54) is 80.6 Å². The van der Waals surface area contributed by atoms with Crippen molar-refractivity contribution in [3.63, 3.8) is 0 Å². The summed E-state index contributed by atoms with van der Waals surface area (Å²) in [6.07, 6.45) is 7.19. The fourth-order valence-electron chi connectivity index (χ4n) is 7.48. The monoisotopic (exact) mass is 879 g/mol. The van der Waals surface area contributed by atoms with Gasteiger partial charge in [0, 0.05) is 42.3 Å². The minimum atomic E-state index is -1.29. The van der Waals surface area contributed by atoms with Gasteiger partial charge in [-0.3, -0.25) is 28.8 Å². The van der Waals surface area contributed by atoms with Gasteiger partial charge in [0.25, 0.3) is 11.8 Å². The fourth-order valence-corrected chi connectivity index (χ4v) is 7.48. The third-order valence-corrected chi connectivity index (χ3v) is 12.7. The molecule has 0 aliphatic carbocycles. The number of hydrogen-bond donors (Lipinski definition) is 0. The predicted molar refractivity (Wildman–Crippen MR) is 238 cm³/mol. The number of nitrogens with zero attached hydrogens (tertiary/aromatic N) is 6. The number of amides is 6. The van der Waals surface area contributed by atoms with Crippen molar-refractivity contribution in [2.45, 2.75) is 207 Å². The number of esters is 2. The van der Waals surface area contributed by atoms with Gasteiger partial charge in [-0.2, -0.15) is 0 Å². The Hall–Kier alpha value is -4.24. The lowest BCUT2D eigenvalue weighted by molar-refractivity contribution is -0.172. The molecule has 1 aliphatic heterocycles. The van der Waals surface area contributed by atoms with Crippen LogP contribution in [0.3, 0.4) is 0 Å². The Labute approximate surface area is 372 Å². The maximum Gasteiger partial charge on any atom is 0.329 e. The summed E-state index contributed by atoms with van der Waals surface area (Å²) in [5.41, 5.74) is 0. The maximum absolute atomic E-state index is 14.4. The summed E-state index contributed by atoms with van der Waals surface area (Å²) in [6.45, 7) is 14.1. The second-order valence-corrected chi connectivity index (χ2v) is 17.3. The molecular weight excluding hydrogens is 797 g/mol. The first kappa shape index (κ1) is 55.8. The Bertz CT molecular complexity index is 1490. The number of likely N-dealkylation sites (N-methyl/N-ethyl adjacent to an activating group) is 6. The van der Waals surface area contributed by atoms with E-state index in [2.05, 4.69) is 0 Å². The van der Waals surface area contributed by atoms with Gasteiger partial charge in [-0.25, -0.2) is 9.59 Å². The molecule has 16 heteroatoms. The van der Waals surface area contributed by atoms with Gasteiger partial charge in [0.2, 0.25) is 23.6 Å². The highest BCUT2D eigenvalue weighted by molar-refractivity contribution is 5.97. The van der Waals surface area contributed by atoms with Crippen LogP contribution in [-0.4, -0.2) is 168 Å². The number of ether oxygens (including phenoxy) is 2. The van der Waals surface area contributed by atoms with Crippen molar-refractivity contribution in [2.24, 2.45) is 0 Å². The molecule has 0 spiro atoms. The standard InChI is InChI=1S/C46H82N6O10/c1-15-19-23-27-35-41(55)47(9)31(5)39(53)52(14)36(28-24-20-16-2)42(56)49(11)33(7)45(59)62-38(30-26-22-18-4)44(58)50(12)34(8)46(60)61-37(29-25-21-17-3)43(57)48(10)32(6)40(54)51(35)13/h31-38H,15-30H2,1-14H3/t31-,32-,33-,34-,35+,36+,37+,38+/m1/s1. The van der Waals surface area contributed by atoms with Crippen LogP contribution in [0.5, 0.6) is 0 Å². The van der Waals surface area contributed by atoms with E-state index < -0.39 is 95.8 Å². The molecule has 1 aliphatic rings. The summed E-state index contributed by atoms with van der Waals surface area (Å²) in [7, 11) is 8.82. The van der Waals surface area contributed by atoms with Gasteiger partial charge in [-0.15, -0.1) is 0 Å². The van der Waals surface area contributed by atoms with Gasteiger partial charge in [-0.1, -0.05) is 91.9 Å². The topological polar surface area (TPSA) is 174 Å². The molecule has 0 N–H and O–H groups in total. The molecule has 1 heterocycles. The zero-order valence-corrected chi connectivity index (χ0v) is 40.7. The van der Waals surface area contributed by atoms with Crippen LogP contribution < -0.4 is 0 Å². The summed E-state index contributed by atoms with van der Waals surface area (Å²) in [6, 6.07) is -6.43. The van der Waals surface area contributed by atoms with Gasteiger partial charge < -0.3 is 38.9 Å². The Morgan fingerprint density at radius 1 is 0.339 bits per heavy atom. The van der Waals surface area contributed by atoms with Gasteiger partial charge in [0.1, 0.15) is 36.3 Å². The first-order chi connectivity index (χ1) is 29.2. The van der Waals surface area contributed by atoms with Crippen LogP contribution in [0.2, 0.25) is 0 Å². The molecule has 62 heavy (non-hydrogen) atoms. The van der Waals surface area contributed by atoms with E-state index in [9.17, 15) is 38.4 Å². The maximum atomic E-state index is 14.4. The second kappa shape index (κ2) is 27.7. The van der Waals surface area contributed by atoms with Crippen LogP contribution in [0.4, 0.5) is 0 Å². The lowest BCUT2D eigenvalue weighted by Gasteiger charge is -2.38. The molecule has 356 valence electrons. The van der Waals surface area contributed by atoms with Crippen LogP contribution in [0.25, 0.3) is 0 Å². The number of unbranched alkanes of at least 4 members (excludes halogenated alkanes) is 8. The smallest absolute Gasteiger partial charge is 0.329 e. The molecule has 0 bridgehead atoms. The predicted octanol–water partition coefficient (Wildman–Crippen LogP) is 5.19. The van der Waals surface area contributed by atoms with Crippen LogP contribution in [0.1, 0.15) is 158 Å². The van der Waals surface area contributed by atoms with E-state index in [-0.39, 0.29) is 12.8 Å². The second-order valence-electron chi connectivity index (χ2n) is 17.3. The van der Waals surface area contributed by atoms with E-state index in [0.717, 1.165) is 56.3 Å². The van der Waals surface area contributed by atoms with E-state index in [1.54, 1.807) is 13.8 Å². The van der Waals surface area contributed by atoms with Crippen molar-refractivity contribution in [3.05, 3.63) is 0 Å². The molecule has 6 amide bonds. The number of carbonyl (C=O) groups is 8. The van der Waals surface area contributed by atoms with E-state index >= 15 is 0 Å². The van der Waals surface area contributed by atoms with Crippen molar-refractivity contribution < 1.29 is 47.8 Å². The molecule has 1 fully saturated rings. The highest BCUT2D eigenvalue weighted by atomic mass is 16.6. The molecular formula is C46H82N6O10. The first-order valence-corrected chi connectivity index (χ1v) is 23.2. The zero-order valence-electron chi connectivity index (χ0n) is 40.7. The fraction of sp³-hybridized carbons (Fsp3) is 0.826. The summed E-state index contributed by atoms with van der Waals surface area (Å²) < 4.78 is 11.7. The van der Waals surface area contributed by atoms with Crippen molar-refractivity contribution in [2.75, 3.05) is 42.3 Å². The SMILES string of the molecule is CCCCC[C@@H]1OC(=O)[C@@H](C)N(C)C(=O)[C@H](CCCCC)N(C)C(=O)[C@@H](C)N(C)C(=O)[C@H](CCCCC)N(C)C(=O)[C@@H](C)N(C)C(=O)[C@H](CCCCC)OC(=O)[C@@H](C)N(C)C1=O. The van der Waals surface area contributed by atoms with E-state index in [4.69, 9.17) is 9.47 Å². The Balaban J connectivity index is 3.95. The van der Waals surface area contributed by atoms with Crippen molar-refractivity contribution in [3.8, 4) is 0 Å². The molecule has 8 atom stereocenters. The average molecular weight is 879 g/mol. The molecule has 16 nitrogen and oxygen atoms in total. The largest absolute Gasteiger partial charge is 0.451 e. The van der Waals surface area contributed by atoms with Gasteiger partial charge >= 0.3 is 11.9 Å². The third kappa shape index (κ3) is 15.5. The minimum absolute atomic E-state index is 0.165. The normalized spacial score (nSPS) is 26.6. The molecule has 0 radical (unpaired) electrons. The average Bonchev–Trinajstić information content (AvgIpc) is 3.26. The number of rotatable bonds is 16. The molecule has 0 aromatic rings. The minimum Gasteiger partial charge on any atom is -0.451 e. The molecule has 0 unspecified atom stereocenters. The Kier molecular flexibility index (Phi) is 25.0. The van der Waals surface area contributed by atoms with Crippen LogP contribution in [0.15, 0.2) is 0 Å². The van der Waals surface area contributed by atoms with E-state index in [0.29, 0.717) is 38.5 Å². The number of carbonyl (C=O) groups excluding carboxylic acids is 8. The molecule has 0 saturated carbocycles. The number of hydrogen-bond acceptors (Lipinski definition) is 10. The Morgan fingerprint density at radius 2 is 0.597 bits per heavy atom. The van der Waals surface area contributed by atoms with Gasteiger partial charge in [-0.05, 0) is 66.2 Å². The molecule has 1 rings (SSSR count). The highest BCUT2D eigenvalue weighted by Gasteiger charge is 2.41. The zero-order chi connectivity index (χ0) is 47.4. The van der Waals surface area contributed by atoms with Gasteiger partial charge in [0.15, 0.2) is 12.2 Å². The van der Waals surface area contributed by atoms with Crippen molar-refractivity contribution in [1.29, 1.82) is 0 Å². The van der Waals surface area contributed by atoms with Crippen LogP contribution >= 0.6 is 0 Å². The molecule has 0 aromatic heterocycles. The lowest BCUT2D eigenvalue weighted by Crippen LogP contribution is -2.59. The van der Waals surface area contributed by atoms with Crippen LogP contribution in [-0.2, 0) is 47.8 Å². The lowest BCUT2D eigenvalue weighted by atomic mass is 10.0. The summed E-state index contributed by atoms with van der Waals surface area (Å²) in [5, 5.41) is 0. The van der Waals surface area contributed by atoms with E-state index in [1.807, 2.05) is 27.7 Å². The summed E-state index contributed by atoms with van der Waals surface area (Å²) in [5.74, 6) is -4.95.